The van der Waals surface area contributed by atoms with E-state index < -0.39 is 74.4 Å². The number of carbonyl (C=O) groups is 6. The molecule has 10 rings (SSSR count). The Kier molecular flexibility index (Phi) is 27.2. The first-order valence-corrected chi connectivity index (χ1v) is 31.0. The lowest BCUT2D eigenvalue weighted by atomic mass is 10.1. The number of hydrogen-bond acceptors (Lipinski definition) is 13. The molecule has 0 aliphatic heterocycles. The fourth-order valence-electron chi connectivity index (χ4n) is 9.22. The van der Waals surface area contributed by atoms with Crippen molar-refractivity contribution >= 4 is 143 Å². The summed E-state index contributed by atoms with van der Waals surface area (Å²) in [6, 6.07) is 59.1. The van der Waals surface area contributed by atoms with Crippen molar-refractivity contribution < 1.29 is 51.7 Å². The first-order valence-electron chi connectivity index (χ1n) is 27.0. The molecule has 10 aromatic rings. The quantitative estimate of drug-likeness (QED) is 0.0287. The van der Waals surface area contributed by atoms with Gasteiger partial charge in [0.2, 0.25) is 17.7 Å². The lowest BCUT2D eigenvalue weighted by molar-refractivity contribution is -0.142. The predicted octanol–water partition coefficient (Wildman–Crippen LogP) is 8.56. The molecule has 0 aliphatic rings. The number of ether oxygens (including phenoxy) is 1. The average molecular weight is 1350 g/mol. The molecule has 0 radical (unpaired) electrons. The molecule has 0 aliphatic carbocycles. The van der Waals surface area contributed by atoms with Crippen molar-refractivity contribution in [2.45, 2.75) is 24.2 Å². The Labute approximate surface area is 548 Å². The molecule has 2 unspecified atom stereocenters. The number of rotatable bonds is 18. The number of esters is 1. The number of fused-ring (bicyclic) bond motifs is 2. The highest BCUT2D eigenvalue weighted by Crippen LogP contribution is 2.48. The van der Waals surface area contributed by atoms with Crippen molar-refractivity contribution in [2.75, 3.05) is 21.3 Å². The second-order valence-corrected chi connectivity index (χ2v) is 25.1. The van der Waals surface area contributed by atoms with Gasteiger partial charge in [-0.3, -0.25) is 37.9 Å². The van der Waals surface area contributed by atoms with Crippen LogP contribution in [-0.4, -0.2) is 66.8 Å². The number of H-pyrrole nitrogens is 2. The first kappa shape index (κ1) is 73.0. The van der Waals surface area contributed by atoms with Crippen LogP contribution in [0.25, 0.3) is 21.8 Å². The third kappa shape index (κ3) is 17.8. The van der Waals surface area contributed by atoms with E-state index in [2.05, 4.69) is 25.3 Å². The zero-order valence-electron chi connectivity index (χ0n) is 49.1. The van der Waals surface area contributed by atoms with Crippen LogP contribution in [0, 0.1) is 0 Å². The average Bonchev–Trinajstić information content (AvgIpc) is 1.64. The van der Waals surface area contributed by atoms with Gasteiger partial charge in [-0.1, -0.05) is 181 Å². The number of aromatic amines is 2. The molecule has 0 saturated carbocycles. The van der Waals surface area contributed by atoms with Gasteiger partial charge in [0.05, 0.1) is 17.7 Å². The van der Waals surface area contributed by atoms with Crippen molar-refractivity contribution in [1.82, 2.24) is 20.6 Å². The van der Waals surface area contributed by atoms with E-state index in [1.807, 2.05) is 36.4 Å². The summed E-state index contributed by atoms with van der Waals surface area (Å²) in [5, 5.41) is 8.26. The van der Waals surface area contributed by atoms with Crippen LogP contribution in [0.3, 0.4) is 0 Å². The molecule has 0 spiro atoms. The van der Waals surface area contributed by atoms with Crippen molar-refractivity contribution in [3.8, 4) is 0 Å². The van der Waals surface area contributed by atoms with E-state index in [4.69, 9.17) is 60.9 Å². The fourth-order valence-corrected chi connectivity index (χ4v) is 13.9. The van der Waals surface area contributed by atoms with E-state index in [1.54, 1.807) is 182 Å². The van der Waals surface area contributed by atoms with Crippen molar-refractivity contribution in [1.29, 1.82) is 0 Å². The van der Waals surface area contributed by atoms with Crippen LogP contribution in [-0.2, 0) is 42.1 Å². The van der Waals surface area contributed by atoms with Gasteiger partial charge in [0.25, 0.3) is 26.6 Å². The van der Waals surface area contributed by atoms with Crippen LogP contribution in [0.1, 0.15) is 67.4 Å². The number of aromatic nitrogens is 2. The Balaban J connectivity index is 0.000000242. The molecule has 26 heteroatoms. The second kappa shape index (κ2) is 33.9. The van der Waals surface area contributed by atoms with Gasteiger partial charge in [0.1, 0.15) is 35.6 Å². The Morgan fingerprint density at radius 1 is 0.429 bits per heavy atom. The summed E-state index contributed by atoms with van der Waals surface area (Å²) in [7, 11) is -3.46. The molecule has 8 aromatic carbocycles. The number of amides is 5. The van der Waals surface area contributed by atoms with E-state index in [-0.39, 0.29) is 49.0 Å². The summed E-state index contributed by atoms with van der Waals surface area (Å²) >= 11 is 12.4. The number of primary amides is 3. The molecule has 0 bridgehead atoms. The Bertz CT molecular complexity index is 3990. The van der Waals surface area contributed by atoms with Gasteiger partial charge in [-0.25, -0.2) is 0 Å². The summed E-state index contributed by atoms with van der Waals surface area (Å²) in [5.74, 6) is -3.68. The lowest BCUT2D eigenvalue weighted by Crippen LogP contribution is -2.39. The zero-order valence-corrected chi connectivity index (χ0v) is 54.4. The monoisotopic (exact) mass is 1350 g/mol. The Hall–Kier alpha value is -8.76. The Morgan fingerprint density at radius 3 is 1.01 bits per heavy atom. The van der Waals surface area contributed by atoms with Crippen LogP contribution in [0.15, 0.2) is 218 Å². The molecule has 0 saturated heterocycles. The molecule has 91 heavy (non-hydrogen) atoms. The minimum Gasteiger partial charge on any atom is -0.468 e. The first-order chi connectivity index (χ1) is 42.7. The maximum absolute atomic E-state index is 14.2. The standard InChI is InChI=1S/2C24H21ClN3O4P.C9H11NO2.C8H10N2O.2H2S/c2*1-32-33(31,17-10-6-3-7-11-17)22-18-14-16(25)12-13-19(18)27-21(22)24(30)28-20(23(26)29)15-8-4-2-5-9-15;1-12-9(11)8(10)7-5-3-2-4-6-7;9-7(8(10)11)6-4-2-1-3-5-6;;/h2*2-14,20,27H,1H3,(H2,26,29)(H,28,30);2-6,8H,10H2,1H3;1-5,7H,9H2,(H2,10,11);2*1H2/t2*20-,33?;8-;7-;;/m0000../s1. The van der Waals surface area contributed by atoms with Gasteiger partial charge in [-0.15, -0.1) is 0 Å². The molecule has 5 amide bonds. The number of halogens is 2. The summed E-state index contributed by atoms with van der Waals surface area (Å²) in [4.78, 5) is 78.8. The van der Waals surface area contributed by atoms with E-state index in [0.717, 1.165) is 11.1 Å². The van der Waals surface area contributed by atoms with Crippen LogP contribution in [0.2, 0.25) is 10.0 Å². The van der Waals surface area contributed by atoms with Crippen molar-refractivity contribution in [3.63, 3.8) is 0 Å². The van der Waals surface area contributed by atoms with Gasteiger partial charge >= 0.3 is 5.97 Å². The number of nitrogens with one attached hydrogen (secondary N) is 4. The molecular weight excluding hydrogens is 1280 g/mol. The SMILES string of the molecule is COC(=O)[C@@H](N)c1ccccc1.COP(=O)(c1ccccc1)c1c(C(=O)N[C@H](C(N)=O)c2ccccc2)[nH]c2ccc(Cl)cc12.COP(=O)(c1ccccc1)c1c(C(=O)N[C@H](C(N)=O)c2ccccc2)[nH]c2ccc(Cl)cc12.NC(=O)[C@@H](N)c1ccccc1.S.S. The van der Waals surface area contributed by atoms with Crippen LogP contribution in [0.4, 0.5) is 0 Å². The highest BCUT2D eigenvalue weighted by molar-refractivity contribution is 7.75. The second-order valence-electron chi connectivity index (χ2n) is 19.4. The molecule has 2 aromatic heterocycles. The summed E-state index contributed by atoms with van der Waals surface area (Å²) < 4.78 is 44.1. The number of methoxy groups -OCH3 is 1. The van der Waals surface area contributed by atoms with E-state index >= 15 is 0 Å². The van der Waals surface area contributed by atoms with Crippen LogP contribution in [0.5, 0.6) is 0 Å². The van der Waals surface area contributed by atoms with Crippen LogP contribution >= 0.6 is 64.9 Å². The summed E-state index contributed by atoms with van der Waals surface area (Å²) in [6.45, 7) is 0. The van der Waals surface area contributed by atoms with Gasteiger partial charge in [-0.2, -0.15) is 27.0 Å². The van der Waals surface area contributed by atoms with E-state index in [9.17, 15) is 37.9 Å². The maximum atomic E-state index is 14.2. The minimum absolute atomic E-state index is 0. The topological polar surface area (TPSA) is 350 Å². The number of carbonyl (C=O) groups excluding carboxylic acids is 6. The zero-order chi connectivity index (χ0) is 64.4. The van der Waals surface area contributed by atoms with Gasteiger partial charge in [-0.05, 0) is 82.9 Å². The molecule has 474 valence electrons. The summed E-state index contributed by atoms with van der Waals surface area (Å²) in [6.07, 6.45) is 0. The Morgan fingerprint density at radius 2 is 0.725 bits per heavy atom. The van der Waals surface area contributed by atoms with Crippen molar-refractivity contribution in [3.05, 3.63) is 262 Å². The third-order valence-electron chi connectivity index (χ3n) is 13.7. The molecule has 0 fully saturated rings. The largest absolute Gasteiger partial charge is 0.468 e. The minimum atomic E-state index is -3.72. The van der Waals surface area contributed by atoms with Crippen LogP contribution < -0.4 is 60.5 Å². The molecular formula is C65H67Cl2N9O11P2S2. The lowest BCUT2D eigenvalue weighted by Gasteiger charge is -2.20. The van der Waals surface area contributed by atoms with Gasteiger partial charge in [0.15, 0.2) is 0 Å². The highest BCUT2D eigenvalue weighted by Gasteiger charge is 2.39. The molecule has 14 N–H and O–H groups in total. The predicted molar refractivity (Wildman–Crippen MR) is 368 cm³/mol. The normalized spacial score (nSPS) is 13.2. The summed E-state index contributed by atoms with van der Waals surface area (Å²) in [5.41, 5.74) is 30.8. The van der Waals surface area contributed by atoms with Gasteiger partial charge < -0.3 is 63.1 Å². The number of hydrogen-bond donors (Lipinski definition) is 9. The third-order valence-corrected chi connectivity index (χ3v) is 19.2. The van der Waals surface area contributed by atoms with Gasteiger partial charge in [0, 0.05) is 56.7 Å². The maximum Gasteiger partial charge on any atom is 0.327 e. The molecule has 2 heterocycles. The molecule has 6 atom stereocenters. The molecule has 20 nitrogen and oxygen atoms in total. The highest BCUT2D eigenvalue weighted by atomic mass is 35.5. The number of benzene rings is 8. The number of nitrogens with two attached hydrogens (primary N) is 5. The smallest absolute Gasteiger partial charge is 0.327 e. The van der Waals surface area contributed by atoms with E-state index in [1.165, 1.54) is 21.3 Å². The fraction of sp³-hybridized carbons (Fsp3) is 0.108. The van der Waals surface area contributed by atoms with Crippen molar-refractivity contribution in [2.24, 2.45) is 28.7 Å². The van der Waals surface area contributed by atoms with E-state index in [0.29, 0.717) is 53.6 Å².